The number of rotatable bonds is 8. The summed E-state index contributed by atoms with van der Waals surface area (Å²) in [6.45, 7) is -0.531. The van der Waals surface area contributed by atoms with Gasteiger partial charge in [0.2, 0.25) is 5.91 Å². The molecule has 10 nitrogen and oxygen atoms in total. The lowest BCUT2D eigenvalue weighted by Gasteiger charge is -2.07. The molecule has 0 fully saturated rings. The summed E-state index contributed by atoms with van der Waals surface area (Å²) in [4.78, 5) is 22.3. The normalized spacial score (nSPS) is 10.9. The van der Waals surface area contributed by atoms with Crippen LogP contribution >= 0.6 is 0 Å². The fourth-order valence-corrected chi connectivity index (χ4v) is 2.64. The van der Waals surface area contributed by atoms with E-state index in [1.807, 2.05) is 0 Å². The Hall–Kier alpha value is -3.97. The first-order chi connectivity index (χ1) is 14.7. The third-order valence-electron chi connectivity index (χ3n) is 4.11. The number of carbonyl (C=O) groups excluding carboxylic acids is 1. The number of carbonyl (C=O) groups is 1. The molecule has 0 atom stereocenters. The maximum Gasteiger partial charge on any atom is 0.350 e. The number of nitro groups is 1. The van der Waals surface area contributed by atoms with Gasteiger partial charge in [-0.1, -0.05) is 0 Å². The predicted molar refractivity (Wildman–Crippen MR) is 96.3 cm³/mol. The maximum absolute atomic E-state index is 13.8. The number of halogens is 4. The van der Waals surface area contributed by atoms with E-state index in [9.17, 15) is 32.5 Å². The number of amides is 1. The van der Waals surface area contributed by atoms with Crippen LogP contribution in [-0.2, 0) is 17.9 Å². The highest BCUT2D eigenvalue weighted by Gasteiger charge is 2.21. The minimum Gasteiger partial charge on any atom is -0.475 e. The molecule has 2 heterocycles. The Labute approximate surface area is 171 Å². The molecule has 164 valence electrons. The van der Waals surface area contributed by atoms with Gasteiger partial charge in [0.1, 0.15) is 12.0 Å². The van der Waals surface area contributed by atoms with Gasteiger partial charge in [-0.05, 0) is 0 Å². The lowest BCUT2D eigenvalue weighted by atomic mass is 10.2. The fraction of sp³-hybridized carbons (Fsp3) is 0.235. The Morgan fingerprint density at radius 2 is 1.94 bits per heavy atom. The summed E-state index contributed by atoms with van der Waals surface area (Å²) < 4.78 is 60.8. The molecule has 0 spiro atoms. The topological polar surface area (TPSA) is 117 Å². The van der Waals surface area contributed by atoms with Crippen LogP contribution < -0.4 is 10.1 Å². The van der Waals surface area contributed by atoms with Crippen molar-refractivity contribution < 1.29 is 32.0 Å². The summed E-state index contributed by atoms with van der Waals surface area (Å²) in [6.07, 6.45) is 3.43. The summed E-state index contributed by atoms with van der Waals surface area (Å²) in [5.74, 6) is -7.08. The second-order valence-corrected chi connectivity index (χ2v) is 6.22. The molecule has 0 aliphatic heterocycles. The van der Waals surface area contributed by atoms with Crippen LogP contribution in [0.25, 0.3) is 0 Å². The third kappa shape index (κ3) is 4.79. The Kier molecular flexibility index (Phi) is 6.17. The zero-order valence-electron chi connectivity index (χ0n) is 15.8. The molecule has 1 amide bonds. The van der Waals surface area contributed by atoms with Gasteiger partial charge in [0.15, 0.2) is 17.5 Å². The molecule has 2 aromatic heterocycles. The van der Waals surface area contributed by atoms with E-state index in [1.54, 1.807) is 0 Å². The first-order valence-corrected chi connectivity index (χ1v) is 8.59. The molecule has 0 saturated heterocycles. The average Bonchev–Trinajstić information content (AvgIpc) is 3.34. The Balaban J connectivity index is 1.61. The van der Waals surface area contributed by atoms with Crippen LogP contribution in [0.3, 0.4) is 0 Å². The quantitative estimate of drug-likeness (QED) is 0.188. The summed E-state index contributed by atoms with van der Waals surface area (Å²) in [7, 11) is 1.22. The smallest absolute Gasteiger partial charge is 0.350 e. The van der Waals surface area contributed by atoms with Gasteiger partial charge in [0, 0.05) is 24.2 Å². The highest BCUT2D eigenvalue weighted by molar-refractivity contribution is 5.90. The van der Waals surface area contributed by atoms with Crippen molar-refractivity contribution in [2.24, 2.45) is 0 Å². The van der Waals surface area contributed by atoms with Crippen molar-refractivity contribution in [2.45, 2.75) is 19.5 Å². The molecule has 3 rings (SSSR count). The zero-order valence-corrected chi connectivity index (χ0v) is 15.8. The van der Waals surface area contributed by atoms with Crippen LogP contribution in [0.15, 0.2) is 24.7 Å². The molecule has 31 heavy (non-hydrogen) atoms. The van der Waals surface area contributed by atoms with E-state index in [0.29, 0.717) is 0 Å². The predicted octanol–water partition coefficient (Wildman–Crippen LogP) is 2.63. The van der Waals surface area contributed by atoms with E-state index in [2.05, 4.69) is 15.5 Å². The Morgan fingerprint density at radius 1 is 1.19 bits per heavy atom. The Bertz CT molecular complexity index is 1150. The van der Waals surface area contributed by atoms with Gasteiger partial charge in [0.05, 0.1) is 37.0 Å². The van der Waals surface area contributed by atoms with Crippen LogP contribution in [0.4, 0.5) is 28.9 Å². The summed E-state index contributed by atoms with van der Waals surface area (Å²) in [5, 5.41) is 21.0. The van der Waals surface area contributed by atoms with Gasteiger partial charge in [0.25, 0.3) is 0 Å². The molecule has 0 bridgehead atoms. The summed E-state index contributed by atoms with van der Waals surface area (Å²) in [5.41, 5.74) is -0.896. The van der Waals surface area contributed by atoms with Crippen LogP contribution in [0.5, 0.6) is 5.88 Å². The molecular formula is C17H14F4N6O4. The van der Waals surface area contributed by atoms with Gasteiger partial charge >= 0.3 is 11.6 Å². The number of methoxy groups -OCH3 is 1. The van der Waals surface area contributed by atoms with E-state index in [1.165, 1.54) is 24.2 Å². The number of nitrogens with zero attached hydrogens (tertiary/aromatic N) is 5. The summed E-state index contributed by atoms with van der Waals surface area (Å²) in [6, 6.07) is 0.231. The fourth-order valence-electron chi connectivity index (χ4n) is 2.64. The molecule has 1 aromatic carbocycles. The highest BCUT2D eigenvalue weighted by atomic mass is 19.2. The first kappa shape index (κ1) is 21.7. The number of aromatic nitrogens is 4. The van der Waals surface area contributed by atoms with E-state index in [0.717, 1.165) is 10.9 Å². The standard InChI is InChI=1S/C17H14F4N6O4/c1-31-17-13(27(29)30)8-25(24-17)3-2-14(28)23-9-5-22-26(6-9)7-10-11(18)4-12(19)16(21)15(10)20/h4-6,8H,2-3,7H2,1H3,(H,23,28). The van der Waals surface area contributed by atoms with Crippen LogP contribution in [0, 0.1) is 33.4 Å². The van der Waals surface area contributed by atoms with Crippen molar-refractivity contribution in [2.75, 3.05) is 12.4 Å². The first-order valence-electron chi connectivity index (χ1n) is 8.59. The lowest BCUT2D eigenvalue weighted by molar-refractivity contribution is -0.385. The second kappa shape index (κ2) is 8.81. The van der Waals surface area contributed by atoms with E-state index in [4.69, 9.17) is 4.74 Å². The number of hydrogen-bond acceptors (Lipinski definition) is 6. The van der Waals surface area contributed by atoms with E-state index in [-0.39, 0.29) is 36.3 Å². The minimum absolute atomic E-state index is 0.00937. The lowest BCUT2D eigenvalue weighted by Crippen LogP contribution is -2.14. The van der Waals surface area contributed by atoms with E-state index < -0.39 is 46.2 Å². The number of nitrogens with one attached hydrogen (secondary N) is 1. The molecule has 1 N–H and O–H groups in total. The van der Waals surface area contributed by atoms with Gasteiger partial charge in [-0.3, -0.25) is 24.3 Å². The van der Waals surface area contributed by atoms with E-state index >= 15 is 0 Å². The van der Waals surface area contributed by atoms with Gasteiger partial charge in [-0.2, -0.15) is 5.10 Å². The van der Waals surface area contributed by atoms with Crippen molar-refractivity contribution in [3.63, 3.8) is 0 Å². The Morgan fingerprint density at radius 3 is 2.58 bits per heavy atom. The van der Waals surface area contributed by atoms with Crippen molar-refractivity contribution in [1.82, 2.24) is 19.6 Å². The molecule has 0 aliphatic carbocycles. The van der Waals surface area contributed by atoms with Gasteiger partial charge < -0.3 is 10.1 Å². The minimum atomic E-state index is -1.80. The number of anilines is 1. The molecule has 0 aliphatic rings. The number of ether oxygens (including phenoxy) is 1. The second-order valence-electron chi connectivity index (χ2n) is 6.22. The SMILES string of the molecule is COc1nn(CCC(=O)Nc2cnn(Cc3c(F)cc(F)c(F)c3F)c2)cc1[N+](=O)[O-]. The molecule has 3 aromatic rings. The number of hydrogen-bond donors (Lipinski definition) is 1. The molecular weight excluding hydrogens is 428 g/mol. The maximum atomic E-state index is 13.8. The molecule has 0 saturated carbocycles. The monoisotopic (exact) mass is 442 g/mol. The largest absolute Gasteiger partial charge is 0.475 e. The zero-order chi connectivity index (χ0) is 22.7. The number of aryl methyl sites for hydroxylation is 1. The third-order valence-corrected chi connectivity index (χ3v) is 4.11. The van der Waals surface area contributed by atoms with Gasteiger partial charge in [-0.25, -0.2) is 17.6 Å². The summed E-state index contributed by atoms with van der Waals surface area (Å²) >= 11 is 0. The van der Waals surface area contributed by atoms with Crippen LogP contribution in [-0.4, -0.2) is 37.5 Å². The van der Waals surface area contributed by atoms with Crippen molar-refractivity contribution in [3.8, 4) is 5.88 Å². The van der Waals surface area contributed by atoms with Crippen LogP contribution in [0.2, 0.25) is 0 Å². The molecule has 0 unspecified atom stereocenters. The van der Waals surface area contributed by atoms with Crippen molar-refractivity contribution in [3.05, 3.63) is 63.6 Å². The average molecular weight is 442 g/mol. The van der Waals surface area contributed by atoms with Crippen molar-refractivity contribution in [1.29, 1.82) is 0 Å². The van der Waals surface area contributed by atoms with Crippen molar-refractivity contribution >= 4 is 17.3 Å². The molecule has 14 heteroatoms. The van der Waals surface area contributed by atoms with Crippen LogP contribution in [0.1, 0.15) is 12.0 Å². The number of benzene rings is 1. The van der Waals surface area contributed by atoms with Gasteiger partial charge in [-0.15, -0.1) is 5.10 Å². The molecule has 0 radical (unpaired) electrons. The highest BCUT2D eigenvalue weighted by Crippen LogP contribution is 2.24.